The molecular formula is C10H12Cl2N2O2. The SMILES string of the molecule is CON(C)CC(=O)Nc1cc(Cl)cc(Cl)c1. The molecule has 0 saturated heterocycles. The van der Waals surface area contributed by atoms with Crippen molar-refractivity contribution in [1.82, 2.24) is 5.06 Å². The molecule has 88 valence electrons. The van der Waals surface area contributed by atoms with Crippen LogP contribution in [0.1, 0.15) is 0 Å². The lowest BCUT2D eigenvalue weighted by Gasteiger charge is -2.13. The zero-order chi connectivity index (χ0) is 12.1. The van der Waals surface area contributed by atoms with E-state index >= 15 is 0 Å². The molecule has 0 aliphatic heterocycles. The molecule has 0 unspecified atom stereocenters. The second-order valence-corrected chi connectivity index (χ2v) is 4.05. The minimum Gasteiger partial charge on any atom is -0.325 e. The third-order valence-corrected chi connectivity index (χ3v) is 2.26. The maximum atomic E-state index is 11.5. The van der Waals surface area contributed by atoms with Crippen LogP contribution in [0, 0.1) is 0 Å². The van der Waals surface area contributed by atoms with Crippen LogP contribution in [0.15, 0.2) is 18.2 Å². The van der Waals surface area contributed by atoms with Crippen molar-refractivity contribution in [2.45, 2.75) is 0 Å². The average molecular weight is 263 g/mol. The summed E-state index contributed by atoms with van der Waals surface area (Å²) in [7, 11) is 3.15. The van der Waals surface area contributed by atoms with Crippen LogP contribution in [-0.4, -0.2) is 31.7 Å². The largest absolute Gasteiger partial charge is 0.325 e. The van der Waals surface area contributed by atoms with E-state index in [4.69, 9.17) is 28.0 Å². The maximum absolute atomic E-state index is 11.5. The molecule has 4 nitrogen and oxygen atoms in total. The molecule has 0 aliphatic carbocycles. The van der Waals surface area contributed by atoms with E-state index in [0.717, 1.165) is 0 Å². The minimum absolute atomic E-state index is 0.126. The number of carbonyl (C=O) groups excluding carboxylic acids is 1. The second kappa shape index (κ2) is 6.06. The van der Waals surface area contributed by atoms with Gasteiger partial charge in [0.05, 0.1) is 7.11 Å². The van der Waals surface area contributed by atoms with Gasteiger partial charge in [0.1, 0.15) is 6.54 Å². The van der Waals surface area contributed by atoms with Gasteiger partial charge in [-0.3, -0.25) is 4.79 Å². The molecule has 6 heteroatoms. The number of halogens is 2. The van der Waals surface area contributed by atoms with E-state index in [1.165, 1.54) is 12.2 Å². The van der Waals surface area contributed by atoms with Crippen LogP contribution in [0.2, 0.25) is 10.0 Å². The molecule has 0 saturated carbocycles. The van der Waals surface area contributed by atoms with Crippen LogP contribution >= 0.6 is 23.2 Å². The number of likely N-dealkylation sites (N-methyl/N-ethyl adjacent to an activating group) is 1. The maximum Gasteiger partial charge on any atom is 0.240 e. The van der Waals surface area contributed by atoms with E-state index in [2.05, 4.69) is 5.32 Å². The number of nitrogens with zero attached hydrogens (tertiary/aromatic N) is 1. The third kappa shape index (κ3) is 4.37. The van der Waals surface area contributed by atoms with Crippen molar-refractivity contribution < 1.29 is 9.63 Å². The highest BCUT2D eigenvalue weighted by Crippen LogP contribution is 2.22. The fourth-order valence-electron chi connectivity index (χ4n) is 1.09. The minimum atomic E-state index is -0.206. The normalized spacial score (nSPS) is 10.6. The van der Waals surface area contributed by atoms with E-state index in [1.54, 1.807) is 25.2 Å². The van der Waals surface area contributed by atoms with E-state index in [0.29, 0.717) is 15.7 Å². The molecule has 1 aromatic rings. The molecule has 0 aliphatic rings. The highest BCUT2D eigenvalue weighted by Gasteiger charge is 2.07. The van der Waals surface area contributed by atoms with Crippen LogP contribution in [0.3, 0.4) is 0 Å². The lowest BCUT2D eigenvalue weighted by molar-refractivity contribution is -0.137. The highest BCUT2D eigenvalue weighted by molar-refractivity contribution is 6.35. The molecule has 1 N–H and O–H groups in total. The summed E-state index contributed by atoms with van der Waals surface area (Å²) < 4.78 is 0. The Morgan fingerprint density at radius 3 is 2.44 bits per heavy atom. The topological polar surface area (TPSA) is 41.6 Å². The molecule has 1 amide bonds. The van der Waals surface area contributed by atoms with Crippen molar-refractivity contribution >= 4 is 34.8 Å². The summed E-state index contributed by atoms with van der Waals surface area (Å²) in [5.41, 5.74) is 0.562. The number of nitrogens with one attached hydrogen (secondary N) is 1. The van der Waals surface area contributed by atoms with Crippen molar-refractivity contribution in [2.75, 3.05) is 26.0 Å². The van der Waals surface area contributed by atoms with Crippen LogP contribution in [0.5, 0.6) is 0 Å². The Bertz CT molecular complexity index is 365. The predicted octanol–water partition coefficient (Wildman–Crippen LogP) is 2.43. The fourth-order valence-corrected chi connectivity index (χ4v) is 1.62. The number of hydroxylamine groups is 2. The first-order chi connectivity index (χ1) is 7.51. The number of anilines is 1. The smallest absolute Gasteiger partial charge is 0.240 e. The van der Waals surface area contributed by atoms with Gasteiger partial charge in [0.2, 0.25) is 5.91 Å². The number of carbonyl (C=O) groups is 1. The Labute approximate surface area is 104 Å². The summed E-state index contributed by atoms with van der Waals surface area (Å²) in [6, 6.07) is 4.84. The third-order valence-electron chi connectivity index (χ3n) is 1.82. The van der Waals surface area contributed by atoms with E-state index in [1.807, 2.05) is 0 Å². The summed E-state index contributed by atoms with van der Waals surface area (Å²) in [6.45, 7) is 0.126. The quantitative estimate of drug-likeness (QED) is 0.848. The van der Waals surface area contributed by atoms with Gasteiger partial charge in [0.15, 0.2) is 0 Å². The lowest BCUT2D eigenvalue weighted by Crippen LogP contribution is -2.29. The van der Waals surface area contributed by atoms with Crippen LogP contribution in [0.4, 0.5) is 5.69 Å². The average Bonchev–Trinajstić information content (AvgIpc) is 2.15. The van der Waals surface area contributed by atoms with Crippen LogP contribution in [-0.2, 0) is 9.63 Å². The Balaban J connectivity index is 2.62. The number of amides is 1. The molecule has 0 radical (unpaired) electrons. The molecule has 0 aromatic heterocycles. The predicted molar refractivity (Wildman–Crippen MR) is 64.7 cm³/mol. The molecule has 1 aromatic carbocycles. The number of hydrogen-bond donors (Lipinski definition) is 1. The van der Waals surface area contributed by atoms with Crippen LogP contribution < -0.4 is 5.32 Å². The fraction of sp³-hybridized carbons (Fsp3) is 0.300. The number of hydrogen-bond acceptors (Lipinski definition) is 3. The van der Waals surface area contributed by atoms with Gasteiger partial charge >= 0.3 is 0 Å². The molecular weight excluding hydrogens is 251 g/mol. The van der Waals surface area contributed by atoms with Crippen molar-refractivity contribution in [3.8, 4) is 0 Å². The zero-order valence-electron chi connectivity index (χ0n) is 8.96. The van der Waals surface area contributed by atoms with Gasteiger partial charge in [-0.15, -0.1) is 0 Å². The van der Waals surface area contributed by atoms with E-state index in [-0.39, 0.29) is 12.5 Å². The van der Waals surface area contributed by atoms with Gasteiger partial charge in [0.25, 0.3) is 0 Å². The Morgan fingerprint density at radius 1 is 1.38 bits per heavy atom. The van der Waals surface area contributed by atoms with Gasteiger partial charge in [-0.2, -0.15) is 5.06 Å². The van der Waals surface area contributed by atoms with Gasteiger partial charge in [-0.05, 0) is 18.2 Å². The molecule has 0 bridgehead atoms. The Kier molecular flexibility index (Phi) is 5.02. The molecule has 1 rings (SSSR count). The summed E-state index contributed by atoms with van der Waals surface area (Å²) in [4.78, 5) is 16.3. The van der Waals surface area contributed by atoms with Crippen LogP contribution in [0.25, 0.3) is 0 Å². The molecule has 0 fully saturated rings. The van der Waals surface area contributed by atoms with Gasteiger partial charge < -0.3 is 10.2 Å². The first-order valence-electron chi connectivity index (χ1n) is 4.52. The Morgan fingerprint density at radius 2 is 1.94 bits per heavy atom. The first-order valence-corrected chi connectivity index (χ1v) is 5.28. The monoisotopic (exact) mass is 262 g/mol. The van der Waals surface area contributed by atoms with Gasteiger partial charge in [-0.25, -0.2) is 0 Å². The Hall–Kier alpha value is -0.810. The van der Waals surface area contributed by atoms with Crippen molar-refractivity contribution in [3.05, 3.63) is 28.2 Å². The molecule has 0 spiro atoms. The van der Waals surface area contributed by atoms with Gasteiger partial charge in [-0.1, -0.05) is 23.2 Å². The number of rotatable bonds is 4. The molecule has 0 atom stereocenters. The van der Waals surface area contributed by atoms with Gasteiger partial charge in [0, 0.05) is 22.8 Å². The lowest BCUT2D eigenvalue weighted by atomic mass is 10.3. The first kappa shape index (κ1) is 13.3. The van der Waals surface area contributed by atoms with E-state index in [9.17, 15) is 4.79 Å². The summed E-state index contributed by atoms with van der Waals surface area (Å²) in [5.74, 6) is -0.206. The van der Waals surface area contributed by atoms with Crippen molar-refractivity contribution in [3.63, 3.8) is 0 Å². The van der Waals surface area contributed by atoms with Crippen molar-refractivity contribution in [1.29, 1.82) is 0 Å². The number of benzene rings is 1. The summed E-state index contributed by atoms with van der Waals surface area (Å²) in [5, 5.41) is 5.01. The summed E-state index contributed by atoms with van der Waals surface area (Å²) >= 11 is 11.6. The second-order valence-electron chi connectivity index (χ2n) is 3.17. The molecule has 0 heterocycles. The summed E-state index contributed by atoms with van der Waals surface area (Å²) in [6.07, 6.45) is 0. The zero-order valence-corrected chi connectivity index (χ0v) is 10.5. The highest BCUT2D eigenvalue weighted by atomic mass is 35.5. The molecule has 16 heavy (non-hydrogen) atoms. The van der Waals surface area contributed by atoms with E-state index < -0.39 is 0 Å². The standard InChI is InChI=1S/C10H12Cl2N2O2/c1-14(16-2)6-10(15)13-9-4-7(11)3-8(12)5-9/h3-5H,6H2,1-2H3,(H,13,15). The van der Waals surface area contributed by atoms with Crippen molar-refractivity contribution in [2.24, 2.45) is 0 Å².